The van der Waals surface area contributed by atoms with Gasteiger partial charge >= 0.3 is 0 Å². The number of aliphatic hydroxyl groups is 1. The molecule has 4 heteroatoms. The molecule has 4 nitrogen and oxygen atoms in total. The number of anilines is 1. The second-order valence-corrected chi connectivity index (χ2v) is 8.41. The molecule has 1 amide bonds. The van der Waals surface area contributed by atoms with Crippen LogP contribution in [-0.2, 0) is 10.4 Å². The van der Waals surface area contributed by atoms with Crippen molar-refractivity contribution in [2.45, 2.75) is 24.9 Å². The molecule has 1 saturated carbocycles. The summed E-state index contributed by atoms with van der Waals surface area (Å²) >= 11 is 0. The first kappa shape index (κ1) is 18.8. The zero-order valence-electron chi connectivity index (χ0n) is 16.7. The van der Waals surface area contributed by atoms with E-state index in [4.69, 9.17) is 0 Å². The van der Waals surface area contributed by atoms with Crippen molar-refractivity contribution < 1.29 is 14.7 Å². The van der Waals surface area contributed by atoms with Gasteiger partial charge in [-0.25, -0.2) is 0 Å². The maximum atomic E-state index is 13.7. The smallest absolute Gasteiger partial charge is 0.231 e. The van der Waals surface area contributed by atoms with E-state index in [1.54, 1.807) is 18.2 Å². The molecule has 1 heterocycles. The molecule has 30 heavy (non-hydrogen) atoms. The summed E-state index contributed by atoms with van der Waals surface area (Å²) in [5.74, 6) is -2.16. The standard InChI is InChI=1S/C26H23NO3/c1-16-11-13-17(14-12-16)20-15-26(30,18-7-3-2-4-8-18)23-22(20)24(28)19-9-5-6-10-21(19)27-25(23)29/h2-14,20,22-23,30H,15H2,1H3,(H,27,29). The second kappa shape index (κ2) is 6.92. The number of hydrogen-bond acceptors (Lipinski definition) is 3. The van der Waals surface area contributed by atoms with Crippen LogP contribution in [0.15, 0.2) is 78.9 Å². The van der Waals surface area contributed by atoms with Crippen molar-refractivity contribution in [2.24, 2.45) is 11.8 Å². The number of ketones is 1. The van der Waals surface area contributed by atoms with E-state index in [9.17, 15) is 14.7 Å². The van der Waals surface area contributed by atoms with E-state index >= 15 is 0 Å². The van der Waals surface area contributed by atoms with Gasteiger partial charge in [0.25, 0.3) is 0 Å². The lowest BCUT2D eigenvalue weighted by molar-refractivity contribution is -0.129. The number of aryl methyl sites for hydroxylation is 1. The predicted octanol–water partition coefficient (Wildman–Crippen LogP) is 4.44. The number of fused-ring (bicyclic) bond motifs is 2. The maximum absolute atomic E-state index is 13.7. The van der Waals surface area contributed by atoms with Gasteiger partial charge in [-0.15, -0.1) is 0 Å². The average molecular weight is 397 g/mol. The van der Waals surface area contributed by atoms with Crippen molar-refractivity contribution >= 4 is 17.4 Å². The van der Waals surface area contributed by atoms with E-state index in [-0.39, 0.29) is 17.6 Å². The number of rotatable bonds is 2. The van der Waals surface area contributed by atoms with Crippen LogP contribution in [0.2, 0.25) is 0 Å². The average Bonchev–Trinajstić information content (AvgIpc) is 3.03. The monoisotopic (exact) mass is 397 g/mol. The highest BCUT2D eigenvalue weighted by Crippen LogP contribution is 2.56. The summed E-state index contributed by atoms with van der Waals surface area (Å²) in [5.41, 5.74) is 2.37. The number of carbonyl (C=O) groups excluding carboxylic acids is 2. The molecule has 0 aromatic heterocycles. The SMILES string of the molecule is Cc1ccc(C2CC(O)(c3ccccc3)C3C(=O)Nc4ccccc4C(=O)C23)cc1. The maximum Gasteiger partial charge on any atom is 0.231 e. The lowest BCUT2D eigenvalue weighted by Crippen LogP contribution is -2.41. The van der Waals surface area contributed by atoms with E-state index in [2.05, 4.69) is 5.32 Å². The highest BCUT2D eigenvalue weighted by molar-refractivity contribution is 6.12. The van der Waals surface area contributed by atoms with Gasteiger partial charge in [-0.2, -0.15) is 0 Å². The van der Waals surface area contributed by atoms with Gasteiger partial charge in [0.05, 0.1) is 11.6 Å². The van der Waals surface area contributed by atoms with Crippen molar-refractivity contribution in [1.29, 1.82) is 0 Å². The summed E-state index contributed by atoms with van der Waals surface area (Å²) in [6, 6.07) is 24.4. The van der Waals surface area contributed by atoms with Crippen LogP contribution in [0.25, 0.3) is 0 Å². The third-order valence-corrected chi connectivity index (χ3v) is 6.65. The van der Waals surface area contributed by atoms with Gasteiger partial charge < -0.3 is 10.4 Å². The molecule has 4 unspecified atom stereocenters. The highest BCUT2D eigenvalue weighted by Gasteiger charge is 2.60. The summed E-state index contributed by atoms with van der Waals surface area (Å²) in [5, 5.41) is 14.8. The first-order valence-electron chi connectivity index (χ1n) is 10.3. The summed E-state index contributed by atoms with van der Waals surface area (Å²) in [6.07, 6.45) is 0.316. The summed E-state index contributed by atoms with van der Waals surface area (Å²) in [7, 11) is 0. The van der Waals surface area contributed by atoms with E-state index in [1.165, 1.54) is 0 Å². The van der Waals surface area contributed by atoms with Crippen molar-refractivity contribution in [3.63, 3.8) is 0 Å². The van der Waals surface area contributed by atoms with Crippen LogP contribution in [0.5, 0.6) is 0 Å². The van der Waals surface area contributed by atoms with Crippen LogP contribution >= 0.6 is 0 Å². The number of para-hydroxylation sites is 1. The van der Waals surface area contributed by atoms with E-state index < -0.39 is 17.4 Å². The molecule has 1 fully saturated rings. The lowest BCUT2D eigenvalue weighted by Gasteiger charge is -2.30. The largest absolute Gasteiger partial charge is 0.384 e. The molecular weight excluding hydrogens is 374 g/mol. The van der Waals surface area contributed by atoms with Crippen LogP contribution < -0.4 is 5.32 Å². The van der Waals surface area contributed by atoms with Crippen LogP contribution in [0, 0.1) is 18.8 Å². The van der Waals surface area contributed by atoms with E-state index in [0.29, 0.717) is 23.2 Å². The summed E-state index contributed by atoms with van der Waals surface area (Å²) in [4.78, 5) is 27.1. The normalized spacial score (nSPS) is 27.7. The van der Waals surface area contributed by atoms with E-state index in [0.717, 1.165) is 11.1 Å². The minimum atomic E-state index is -1.43. The molecule has 1 aliphatic carbocycles. The molecule has 4 atom stereocenters. The summed E-state index contributed by atoms with van der Waals surface area (Å²) in [6.45, 7) is 2.02. The fraction of sp³-hybridized carbons (Fsp3) is 0.231. The lowest BCUT2D eigenvalue weighted by atomic mass is 9.77. The molecule has 3 aromatic rings. The van der Waals surface area contributed by atoms with Crippen LogP contribution in [0.1, 0.15) is 39.4 Å². The number of amides is 1. The molecule has 0 saturated heterocycles. The van der Waals surface area contributed by atoms with Crippen molar-refractivity contribution in [3.05, 3.63) is 101 Å². The Morgan fingerprint density at radius 1 is 0.900 bits per heavy atom. The quantitative estimate of drug-likeness (QED) is 0.672. The Balaban J connectivity index is 1.71. The molecule has 1 aliphatic heterocycles. The Labute approximate surface area is 175 Å². The molecule has 0 radical (unpaired) electrons. The number of nitrogens with one attached hydrogen (secondary N) is 1. The third kappa shape index (κ3) is 2.79. The molecule has 0 spiro atoms. The van der Waals surface area contributed by atoms with Gasteiger partial charge in [-0.1, -0.05) is 72.3 Å². The molecule has 2 N–H and O–H groups in total. The van der Waals surface area contributed by atoms with Gasteiger partial charge in [0, 0.05) is 11.5 Å². The minimum absolute atomic E-state index is 0.0913. The number of carbonyl (C=O) groups is 2. The molecule has 150 valence electrons. The van der Waals surface area contributed by atoms with Crippen molar-refractivity contribution in [3.8, 4) is 0 Å². The van der Waals surface area contributed by atoms with Crippen LogP contribution in [0.4, 0.5) is 5.69 Å². The van der Waals surface area contributed by atoms with Gasteiger partial charge in [-0.3, -0.25) is 9.59 Å². The Bertz CT molecular complexity index is 1120. The topological polar surface area (TPSA) is 66.4 Å². The number of hydrogen-bond donors (Lipinski definition) is 2. The Morgan fingerprint density at radius 2 is 1.57 bits per heavy atom. The number of Topliss-reactive ketones (excluding diaryl/α,β-unsaturated/α-hetero) is 1. The molecule has 5 rings (SSSR count). The van der Waals surface area contributed by atoms with Gasteiger partial charge in [0.1, 0.15) is 5.60 Å². The van der Waals surface area contributed by atoms with E-state index in [1.807, 2.05) is 67.6 Å². The second-order valence-electron chi connectivity index (χ2n) is 8.41. The van der Waals surface area contributed by atoms with Crippen LogP contribution in [0.3, 0.4) is 0 Å². The predicted molar refractivity (Wildman–Crippen MR) is 115 cm³/mol. The number of benzene rings is 3. The first-order valence-corrected chi connectivity index (χ1v) is 10.3. The fourth-order valence-corrected chi connectivity index (χ4v) is 5.19. The highest BCUT2D eigenvalue weighted by atomic mass is 16.3. The summed E-state index contributed by atoms with van der Waals surface area (Å²) < 4.78 is 0. The Kier molecular flexibility index (Phi) is 4.33. The third-order valence-electron chi connectivity index (χ3n) is 6.65. The zero-order chi connectivity index (χ0) is 20.9. The van der Waals surface area contributed by atoms with Crippen LogP contribution in [-0.4, -0.2) is 16.8 Å². The molecule has 0 bridgehead atoms. The molecule has 3 aromatic carbocycles. The Morgan fingerprint density at radius 3 is 2.30 bits per heavy atom. The van der Waals surface area contributed by atoms with Crippen molar-refractivity contribution in [2.75, 3.05) is 5.32 Å². The zero-order valence-corrected chi connectivity index (χ0v) is 16.7. The van der Waals surface area contributed by atoms with Gasteiger partial charge in [0.15, 0.2) is 5.78 Å². The minimum Gasteiger partial charge on any atom is -0.384 e. The fourth-order valence-electron chi connectivity index (χ4n) is 5.19. The molecule has 2 aliphatic rings. The van der Waals surface area contributed by atoms with Crippen molar-refractivity contribution in [1.82, 2.24) is 0 Å². The molecular formula is C26H23NO3. The Hall–Kier alpha value is -3.24. The van der Waals surface area contributed by atoms with Gasteiger partial charge in [0.2, 0.25) is 5.91 Å². The van der Waals surface area contributed by atoms with Gasteiger partial charge in [-0.05, 0) is 42.5 Å². The first-order chi connectivity index (χ1) is 14.5.